The highest BCUT2D eigenvalue weighted by Crippen LogP contribution is 2.31. The lowest BCUT2D eigenvalue weighted by Gasteiger charge is -2.39. The Kier molecular flexibility index (Phi) is 4.94. The molecule has 1 aromatic carbocycles. The Hall–Kier alpha value is -2.15. The third-order valence-electron chi connectivity index (χ3n) is 5.23. The van der Waals surface area contributed by atoms with Crippen molar-refractivity contribution in [3.63, 3.8) is 0 Å². The molecule has 0 aliphatic carbocycles. The quantitative estimate of drug-likeness (QED) is 0.824. The summed E-state index contributed by atoms with van der Waals surface area (Å²) in [6.07, 6.45) is 1.88. The number of carbonyl (C=O) groups excluding carboxylic acids is 2. The first kappa shape index (κ1) is 17.7. The van der Waals surface area contributed by atoms with E-state index in [2.05, 4.69) is 10.2 Å². The molecular weight excluding hydrogens is 325 g/mol. The van der Waals surface area contributed by atoms with Crippen molar-refractivity contribution in [2.24, 2.45) is 5.92 Å². The minimum absolute atomic E-state index is 0.0773. The van der Waals surface area contributed by atoms with E-state index >= 15 is 0 Å². The molecule has 0 unspecified atom stereocenters. The number of urea groups is 1. The third kappa shape index (κ3) is 3.61. The maximum Gasteiger partial charge on any atom is 0.324 e. The maximum atomic E-state index is 12.9. The summed E-state index contributed by atoms with van der Waals surface area (Å²) in [7, 11) is 1.51. The van der Waals surface area contributed by atoms with Gasteiger partial charge in [0.1, 0.15) is 23.7 Å². The molecular formula is C18H24FN3O3. The topological polar surface area (TPSA) is 61.9 Å². The summed E-state index contributed by atoms with van der Waals surface area (Å²) in [6, 6.07) is 5.63. The van der Waals surface area contributed by atoms with Gasteiger partial charge in [-0.25, -0.2) is 9.18 Å². The Morgan fingerprint density at radius 2 is 2.04 bits per heavy atom. The maximum absolute atomic E-state index is 12.9. The fourth-order valence-electron chi connectivity index (χ4n) is 3.63. The van der Waals surface area contributed by atoms with E-state index < -0.39 is 5.54 Å². The third-order valence-corrected chi connectivity index (χ3v) is 5.23. The molecule has 0 saturated carbocycles. The number of hydrogen-bond acceptors (Lipinski definition) is 4. The van der Waals surface area contributed by atoms with Crippen molar-refractivity contribution in [1.29, 1.82) is 0 Å². The van der Waals surface area contributed by atoms with Crippen LogP contribution in [0.2, 0.25) is 0 Å². The Morgan fingerprint density at radius 1 is 1.32 bits per heavy atom. The van der Waals surface area contributed by atoms with Gasteiger partial charge in [-0.3, -0.25) is 14.6 Å². The van der Waals surface area contributed by atoms with Crippen LogP contribution in [0, 0.1) is 11.7 Å². The number of imide groups is 1. The van der Waals surface area contributed by atoms with E-state index in [9.17, 15) is 14.0 Å². The number of ether oxygens (including phenoxy) is 1. The summed E-state index contributed by atoms with van der Waals surface area (Å²) in [5.74, 6) is 0.273. The van der Waals surface area contributed by atoms with Crippen molar-refractivity contribution < 1.29 is 18.7 Å². The van der Waals surface area contributed by atoms with E-state index in [-0.39, 0.29) is 23.7 Å². The zero-order chi connectivity index (χ0) is 18.0. The molecule has 2 aliphatic heterocycles. The number of piperidine rings is 1. The first-order chi connectivity index (χ1) is 11.9. The van der Waals surface area contributed by atoms with Crippen molar-refractivity contribution in [1.82, 2.24) is 15.1 Å². The van der Waals surface area contributed by atoms with Crippen LogP contribution in [0.4, 0.5) is 9.18 Å². The van der Waals surface area contributed by atoms with Crippen LogP contribution in [0.25, 0.3) is 0 Å². The molecule has 2 heterocycles. The molecule has 0 bridgehead atoms. The van der Waals surface area contributed by atoms with Crippen LogP contribution in [0.5, 0.6) is 5.75 Å². The van der Waals surface area contributed by atoms with Crippen molar-refractivity contribution >= 4 is 11.9 Å². The molecule has 2 saturated heterocycles. The van der Waals surface area contributed by atoms with E-state index in [0.29, 0.717) is 12.4 Å². The van der Waals surface area contributed by atoms with E-state index in [4.69, 9.17) is 4.74 Å². The number of nitrogens with zero attached hydrogens (tertiary/aromatic N) is 2. The van der Waals surface area contributed by atoms with E-state index in [0.717, 1.165) is 37.4 Å². The van der Waals surface area contributed by atoms with Crippen LogP contribution in [-0.4, -0.2) is 60.6 Å². The standard InChI is InChI=1S/C18H24FN3O3/c1-18(16(23)21(2)17(24)20-18)13-4-3-9-22(12-13)10-11-25-15-7-5-14(19)6-8-15/h5-8,13H,3-4,9-12H2,1-2H3,(H,20,24)/t13-,18+/m1/s1. The van der Waals surface area contributed by atoms with Crippen molar-refractivity contribution in [2.45, 2.75) is 25.3 Å². The number of halogens is 1. The number of benzene rings is 1. The Labute approximate surface area is 146 Å². The largest absolute Gasteiger partial charge is 0.492 e. The van der Waals surface area contributed by atoms with Crippen LogP contribution >= 0.6 is 0 Å². The molecule has 1 N–H and O–H groups in total. The molecule has 0 spiro atoms. The van der Waals surface area contributed by atoms with Crippen LogP contribution < -0.4 is 10.1 Å². The molecule has 3 rings (SSSR count). The van der Waals surface area contributed by atoms with E-state index in [1.807, 2.05) is 6.92 Å². The number of carbonyl (C=O) groups is 2. The summed E-state index contributed by atoms with van der Waals surface area (Å²) >= 11 is 0. The SMILES string of the molecule is CN1C(=O)N[C@@](C)([C@@H]2CCCN(CCOc3ccc(F)cc3)C2)C1=O. The fourth-order valence-corrected chi connectivity index (χ4v) is 3.63. The van der Waals surface area contributed by atoms with Gasteiger partial charge in [0, 0.05) is 26.1 Å². The molecule has 2 aliphatic rings. The van der Waals surface area contributed by atoms with Crippen LogP contribution in [0.3, 0.4) is 0 Å². The molecule has 7 heteroatoms. The average Bonchev–Trinajstić information content (AvgIpc) is 2.81. The second-order valence-electron chi connectivity index (χ2n) is 6.94. The van der Waals surface area contributed by atoms with Gasteiger partial charge in [0.15, 0.2) is 0 Å². The predicted molar refractivity (Wildman–Crippen MR) is 90.8 cm³/mol. The summed E-state index contributed by atoms with van der Waals surface area (Å²) < 4.78 is 18.5. The van der Waals surface area contributed by atoms with Crippen LogP contribution in [-0.2, 0) is 4.79 Å². The van der Waals surface area contributed by atoms with Gasteiger partial charge in [-0.1, -0.05) is 0 Å². The van der Waals surface area contributed by atoms with Crippen molar-refractivity contribution in [3.8, 4) is 5.75 Å². The van der Waals surface area contributed by atoms with Gasteiger partial charge in [0.25, 0.3) is 5.91 Å². The first-order valence-electron chi connectivity index (χ1n) is 8.61. The Bertz CT molecular complexity index is 651. The lowest BCUT2D eigenvalue weighted by molar-refractivity contribution is -0.132. The summed E-state index contributed by atoms with van der Waals surface area (Å²) in [4.78, 5) is 27.7. The number of nitrogens with one attached hydrogen (secondary N) is 1. The molecule has 0 aromatic heterocycles. The second-order valence-corrected chi connectivity index (χ2v) is 6.94. The van der Waals surface area contributed by atoms with Gasteiger partial charge in [0.2, 0.25) is 0 Å². The highest BCUT2D eigenvalue weighted by atomic mass is 19.1. The van der Waals surface area contributed by atoms with Gasteiger partial charge in [-0.05, 0) is 50.6 Å². The predicted octanol–water partition coefficient (Wildman–Crippen LogP) is 1.86. The monoisotopic (exact) mass is 349 g/mol. The number of rotatable bonds is 5. The number of likely N-dealkylation sites (N-methyl/N-ethyl adjacent to an activating group) is 1. The molecule has 136 valence electrons. The van der Waals surface area contributed by atoms with Gasteiger partial charge in [0.05, 0.1) is 0 Å². The molecule has 2 atom stereocenters. The summed E-state index contributed by atoms with van der Waals surface area (Å²) in [5, 5.41) is 2.85. The fraction of sp³-hybridized carbons (Fsp3) is 0.556. The zero-order valence-corrected chi connectivity index (χ0v) is 14.6. The number of hydrogen-bond donors (Lipinski definition) is 1. The zero-order valence-electron chi connectivity index (χ0n) is 14.6. The molecule has 25 heavy (non-hydrogen) atoms. The number of amides is 3. The Balaban J connectivity index is 1.54. The van der Waals surface area contributed by atoms with E-state index in [1.165, 1.54) is 19.2 Å². The first-order valence-corrected chi connectivity index (χ1v) is 8.61. The molecule has 1 aromatic rings. The molecule has 2 fully saturated rings. The highest BCUT2D eigenvalue weighted by Gasteiger charge is 2.51. The summed E-state index contributed by atoms with van der Waals surface area (Å²) in [6.45, 7) is 4.72. The Morgan fingerprint density at radius 3 is 2.68 bits per heavy atom. The highest BCUT2D eigenvalue weighted by molar-refractivity contribution is 6.06. The van der Waals surface area contributed by atoms with E-state index in [1.54, 1.807) is 12.1 Å². The van der Waals surface area contributed by atoms with Gasteiger partial charge >= 0.3 is 6.03 Å². The second kappa shape index (κ2) is 7.00. The average molecular weight is 349 g/mol. The lowest BCUT2D eigenvalue weighted by Crippen LogP contribution is -2.56. The minimum atomic E-state index is -0.831. The number of likely N-dealkylation sites (tertiary alicyclic amines) is 1. The molecule has 0 radical (unpaired) electrons. The molecule has 3 amide bonds. The van der Waals surface area contributed by atoms with Gasteiger partial charge in [-0.15, -0.1) is 0 Å². The lowest BCUT2D eigenvalue weighted by atomic mass is 9.80. The molecule has 6 nitrogen and oxygen atoms in total. The van der Waals surface area contributed by atoms with Crippen LogP contribution in [0.15, 0.2) is 24.3 Å². The normalized spacial score (nSPS) is 27.5. The summed E-state index contributed by atoms with van der Waals surface area (Å²) in [5.41, 5.74) is -0.831. The van der Waals surface area contributed by atoms with Crippen molar-refractivity contribution in [3.05, 3.63) is 30.1 Å². The minimum Gasteiger partial charge on any atom is -0.492 e. The smallest absolute Gasteiger partial charge is 0.324 e. The van der Waals surface area contributed by atoms with Crippen LogP contribution in [0.1, 0.15) is 19.8 Å². The van der Waals surface area contributed by atoms with Crippen molar-refractivity contribution in [2.75, 3.05) is 33.3 Å². The van der Waals surface area contributed by atoms with Gasteiger partial charge in [-0.2, -0.15) is 0 Å². The van der Waals surface area contributed by atoms with Gasteiger partial charge < -0.3 is 10.1 Å².